The first-order chi connectivity index (χ1) is 22.6. The first-order valence-corrected chi connectivity index (χ1v) is 20.4. The van der Waals surface area contributed by atoms with Gasteiger partial charge in [-0.15, -0.1) is 59.7 Å². The normalized spacial score (nSPS) is 11.3. The number of aromatic nitrogens is 2. The number of halogens is 1. The molecule has 0 fully saturated rings. The maximum Gasteiger partial charge on any atom is 0.123 e. The van der Waals surface area contributed by atoms with Crippen molar-refractivity contribution in [2.75, 3.05) is 0 Å². The minimum atomic E-state index is -1.34. The van der Waals surface area contributed by atoms with Crippen molar-refractivity contribution in [2.24, 2.45) is 5.92 Å². The molecule has 0 aliphatic carbocycles. The van der Waals surface area contributed by atoms with Crippen LogP contribution in [0.1, 0.15) is 25.0 Å². The van der Waals surface area contributed by atoms with Gasteiger partial charge in [0.05, 0.1) is 8.07 Å². The first-order valence-electron chi connectivity index (χ1n) is 16.1. The number of hydrogen-bond acceptors (Lipinski definition) is 3. The predicted molar refractivity (Wildman–Crippen MR) is 202 cm³/mol. The molecule has 0 unspecified atom stereocenters. The Kier molecular flexibility index (Phi) is 11.2. The molecule has 245 valence electrons. The molecule has 6 heteroatoms. The average Bonchev–Trinajstić information content (AvgIpc) is 3.43. The number of thiophene rings is 1. The third-order valence-electron chi connectivity index (χ3n) is 8.17. The molecule has 0 amide bonds. The van der Waals surface area contributed by atoms with Crippen LogP contribution in [0.5, 0.6) is 0 Å². The topological polar surface area (TPSA) is 25.8 Å². The number of rotatable bonds is 6. The molecule has 0 spiro atoms. The van der Waals surface area contributed by atoms with Gasteiger partial charge < -0.3 is 9.97 Å². The van der Waals surface area contributed by atoms with E-state index in [1.807, 2.05) is 42.6 Å². The summed E-state index contributed by atoms with van der Waals surface area (Å²) in [4.78, 5) is 9.23. The molecular formula is C42H39FIrN2SSi-2. The standard InChI is InChI=1S/C24H15FNS.C18H24NSi.Ir/c1-15-10-11-26-22(12-15)21-7-3-6-20-19-9-8-17(14-23(19)27-24(20)21)16-4-2-5-18(25)13-16;1-14(2)11-16-12-17(15-9-7-6-8-10-15)19-13-18(16)20(3,4)5;/h2-6,8-14H,1H3;6-9,12-14H,11H2,1-5H3;/q2*-1;. The van der Waals surface area contributed by atoms with Crippen molar-refractivity contribution in [1.29, 1.82) is 0 Å². The average molecular weight is 843 g/mol. The summed E-state index contributed by atoms with van der Waals surface area (Å²) in [7, 11) is -1.34. The van der Waals surface area contributed by atoms with E-state index in [1.165, 1.54) is 42.6 Å². The third-order valence-corrected chi connectivity index (χ3v) is 11.4. The van der Waals surface area contributed by atoms with E-state index in [-0.39, 0.29) is 25.9 Å². The van der Waals surface area contributed by atoms with Crippen molar-refractivity contribution in [3.8, 4) is 33.6 Å². The SMILES string of the molecule is CC(C)Cc1cc(-c2[c-]cccc2)ncc1[Si](C)(C)C.Cc1ccnc(-c2[c-]ccc3c2sc2cc(-c4cccc(F)c4)ccc23)c1.[Ir]. The van der Waals surface area contributed by atoms with Crippen molar-refractivity contribution >= 4 is 44.8 Å². The fourth-order valence-electron chi connectivity index (χ4n) is 5.93. The molecule has 48 heavy (non-hydrogen) atoms. The summed E-state index contributed by atoms with van der Waals surface area (Å²) in [6, 6.07) is 38.2. The van der Waals surface area contributed by atoms with Gasteiger partial charge in [-0.05, 0) is 81.3 Å². The molecule has 7 rings (SSSR count). The Bertz CT molecular complexity index is 2170. The molecule has 2 nitrogen and oxygen atoms in total. The number of nitrogens with zero attached hydrogens (tertiary/aromatic N) is 2. The summed E-state index contributed by atoms with van der Waals surface area (Å²) in [6.45, 7) is 13.8. The zero-order valence-corrected chi connectivity index (χ0v) is 32.4. The number of aryl methyl sites for hydroxylation is 1. The second-order valence-electron chi connectivity index (χ2n) is 13.5. The second-order valence-corrected chi connectivity index (χ2v) is 19.6. The molecule has 7 aromatic rings. The largest absolute Gasteiger partial charge is 0.305 e. The van der Waals surface area contributed by atoms with E-state index in [4.69, 9.17) is 0 Å². The van der Waals surface area contributed by atoms with Gasteiger partial charge in [-0.1, -0.05) is 86.4 Å². The summed E-state index contributed by atoms with van der Waals surface area (Å²) in [5.41, 5.74) is 8.67. The molecule has 1 radical (unpaired) electrons. The van der Waals surface area contributed by atoms with Crippen LogP contribution in [0.2, 0.25) is 19.6 Å². The van der Waals surface area contributed by atoms with Crippen molar-refractivity contribution < 1.29 is 24.5 Å². The van der Waals surface area contributed by atoms with Gasteiger partial charge in [0.25, 0.3) is 0 Å². The molecule has 0 bridgehead atoms. The number of hydrogen-bond donors (Lipinski definition) is 0. The van der Waals surface area contributed by atoms with E-state index >= 15 is 0 Å². The van der Waals surface area contributed by atoms with E-state index < -0.39 is 8.07 Å². The summed E-state index contributed by atoms with van der Waals surface area (Å²) in [5.74, 6) is 0.450. The quantitative estimate of drug-likeness (QED) is 0.123. The fraction of sp³-hybridized carbons (Fsp3) is 0.190. The van der Waals surface area contributed by atoms with Crippen LogP contribution in [0.15, 0.2) is 109 Å². The van der Waals surface area contributed by atoms with E-state index in [1.54, 1.807) is 23.5 Å². The van der Waals surface area contributed by atoms with Crippen molar-refractivity contribution in [3.05, 3.63) is 139 Å². The Morgan fingerprint density at radius 2 is 1.60 bits per heavy atom. The van der Waals surface area contributed by atoms with Gasteiger partial charge in [0.15, 0.2) is 0 Å². The minimum Gasteiger partial charge on any atom is -0.305 e. The second kappa shape index (κ2) is 15.2. The zero-order chi connectivity index (χ0) is 33.1. The van der Waals surface area contributed by atoms with E-state index in [0.717, 1.165) is 40.1 Å². The van der Waals surface area contributed by atoms with Gasteiger partial charge in [-0.25, -0.2) is 4.39 Å². The van der Waals surface area contributed by atoms with E-state index in [2.05, 4.69) is 111 Å². The minimum absolute atomic E-state index is 0. The van der Waals surface area contributed by atoms with Gasteiger partial charge >= 0.3 is 0 Å². The third kappa shape index (κ3) is 8.07. The molecule has 0 atom stereocenters. The fourth-order valence-corrected chi connectivity index (χ4v) is 8.77. The van der Waals surface area contributed by atoms with Crippen LogP contribution >= 0.6 is 11.3 Å². The molecule has 4 aromatic carbocycles. The summed E-state index contributed by atoms with van der Waals surface area (Å²) < 4.78 is 16.0. The molecule has 0 saturated carbocycles. The monoisotopic (exact) mass is 843 g/mol. The number of benzene rings is 4. The molecule has 3 aromatic heterocycles. The Labute approximate surface area is 302 Å². The van der Waals surface area contributed by atoms with Crippen LogP contribution in [0.4, 0.5) is 4.39 Å². The molecular weight excluding hydrogens is 804 g/mol. The Hall–Kier alpha value is -3.80. The zero-order valence-electron chi connectivity index (χ0n) is 28.2. The number of pyridine rings is 2. The van der Waals surface area contributed by atoms with E-state index in [9.17, 15) is 4.39 Å². The summed E-state index contributed by atoms with van der Waals surface area (Å²) in [5, 5.41) is 3.90. The molecule has 0 aliphatic heterocycles. The van der Waals surface area contributed by atoms with Gasteiger partial charge in [0.2, 0.25) is 0 Å². The van der Waals surface area contributed by atoms with Crippen LogP contribution in [0.3, 0.4) is 0 Å². The maximum absolute atomic E-state index is 13.6. The van der Waals surface area contributed by atoms with Crippen LogP contribution in [-0.2, 0) is 26.5 Å². The van der Waals surface area contributed by atoms with Crippen molar-refractivity contribution in [1.82, 2.24) is 9.97 Å². The molecule has 0 saturated heterocycles. The van der Waals surface area contributed by atoms with Gasteiger partial charge in [-0.3, -0.25) is 0 Å². The Morgan fingerprint density at radius 3 is 2.31 bits per heavy atom. The van der Waals surface area contributed by atoms with E-state index in [0.29, 0.717) is 5.92 Å². The Balaban J connectivity index is 0.000000193. The van der Waals surface area contributed by atoms with Gasteiger partial charge in [-0.2, -0.15) is 11.3 Å². The van der Waals surface area contributed by atoms with Crippen LogP contribution < -0.4 is 5.19 Å². The predicted octanol–water partition coefficient (Wildman–Crippen LogP) is 11.3. The summed E-state index contributed by atoms with van der Waals surface area (Å²) in [6.07, 6.45) is 5.08. The molecule has 3 heterocycles. The van der Waals surface area contributed by atoms with Crippen LogP contribution in [-0.4, -0.2) is 18.0 Å². The molecule has 0 aliphatic rings. The van der Waals surface area contributed by atoms with Crippen molar-refractivity contribution in [3.63, 3.8) is 0 Å². The first kappa shape index (κ1) is 35.5. The maximum atomic E-state index is 13.6. The summed E-state index contributed by atoms with van der Waals surface area (Å²) >= 11 is 1.74. The van der Waals surface area contributed by atoms with Gasteiger partial charge in [0, 0.05) is 37.2 Å². The van der Waals surface area contributed by atoms with Crippen LogP contribution in [0.25, 0.3) is 53.8 Å². The number of fused-ring (bicyclic) bond motifs is 3. The Morgan fingerprint density at radius 1 is 0.792 bits per heavy atom. The smallest absolute Gasteiger partial charge is 0.123 e. The van der Waals surface area contributed by atoms with Crippen LogP contribution in [0, 0.1) is 30.8 Å². The van der Waals surface area contributed by atoms with Crippen molar-refractivity contribution in [2.45, 2.75) is 46.8 Å². The van der Waals surface area contributed by atoms with Gasteiger partial charge in [0.1, 0.15) is 5.82 Å². The molecule has 0 N–H and O–H groups in total.